The molecule has 1 atom stereocenters. The highest BCUT2D eigenvalue weighted by molar-refractivity contribution is 7.99. The van der Waals surface area contributed by atoms with Gasteiger partial charge in [-0.3, -0.25) is 0 Å². The SMILES string of the molecule is c1ccc2c(c1)SCC2NCCc1ncno1. The van der Waals surface area contributed by atoms with Gasteiger partial charge in [0.2, 0.25) is 5.89 Å². The molecule has 4 nitrogen and oxygen atoms in total. The molecule has 17 heavy (non-hydrogen) atoms. The number of hydrogen-bond donors (Lipinski definition) is 1. The number of nitrogens with zero attached hydrogens (tertiary/aromatic N) is 2. The van der Waals surface area contributed by atoms with E-state index in [4.69, 9.17) is 4.52 Å². The first-order valence-electron chi connectivity index (χ1n) is 5.64. The summed E-state index contributed by atoms with van der Waals surface area (Å²) in [7, 11) is 0. The molecule has 1 aromatic carbocycles. The van der Waals surface area contributed by atoms with Gasteiger partial charge in [-0.25, -0.2) is 0 Å². The van der Waals surface area contributed by atoms with Crippen LogP contribution in [0.15, 0.2) is 40.0 Å². The summed E-state index contributed by atoms with van der Waals surface area (Å²) in [6, 6.07) is 9.00. The van der Waals surface area contributed by atoms with Gasteiger partial charge in [-0.05, 0) is 11.6 Å². The first-order chi connectivity index (χ1) is 8.43. The minimum Gasteiger partial charge on any atom is -0.340 e. The molecule has 0 radical (unpaired) electrons. The maximum Gasteiger partial charge on any atom is 0.227 e. The lowest BCUT2D eigenvalue weighted by molar-refractivity contribution is 0.373. The van der Waals surface area contributed by atoms with Gasteiger partial charge in [-0.2, -0.15) is 4.98 Å². The fourth-order valence-electron chi connectivity index (χ4n) is 1.99. The number of aromatic nitrogens is 2. The van der Waals surface area contributed by atoms with Gasteiger partial charge in [0.25, 0.3) is 0 Å². The van der Waals surface area contributed by atoms with Crippen LogP contribution < -0.4 is 5.32 Å². The van der Waals surface area contributed by atoms with E-state index in [2.05, 4.69) is 39.7 Å². The Morgan fingerprint density at radius 3 is 3.24 bits per heavy atom. The lowest BCUT2D eigenvalue weighted by atomic mass is 10.1. The molecule has 1 unspecified atom stereocenters. The van der Waals surface area contributed by atoms with Crippen LogP contribution in [0.2, 0.25) is 0 Å². The van der Waals surface area contributed by atoms with Crippen LogP contribution in [0.5, 0.6) is 0 Å². The number of nitrogens with one attached hydrogen (secondary N) is 1. The first-order valence-corrected chi connectivity index (χ1v) is 6.63. The molecule has 1 N–H and O–H groups in total. The first kappa shape index (κ1) is 10.8. The van der Waals surface area contributed by atoms with Crippen molar-refractivity contribution in [2.75, 3.05) is 12.3 Å². The van der Waals surface area contributed by atoms with Crippen LogP contribution in [0.25, 0.3) is 0 Å². The molecule has 0 bridgehead atoms. The van der Waals surface area contributed by atoms with E-state index in [-0.39, 0.29) is 0 Å². The van der Waals surface area contributed by atoms with Crippen molar-refractivity contribution < 1.29 is 4.52 Å². The molecule has 88 valence electrons. The van der Waals surface area contributed by atoms with Gasteiger partial charge in [0.05, 0.1) is 0 Å². The summed E-state index contributed by atoms with van der Waals surface area (Å²) >= 11 is 1.91. The van der Waals surface area contributed by atoms with Crippen molar-refractivity contribution in [3.8, 4) is 0 Å². The van der Waals surface area contributed by atoms with E-state index in [1.807, 2.05) is 11.8 Å². The minimum absolute atomic E-state index is 0.444. The van der Waals surface area contributed by atoms with E-state index >= 15 is 0 Å². The van der Waals surface area contributed by atoms with Crippen molar-refractivity contribution in [3.63, 3.8) is 0 Å². The predicted molar refractivity (Wildman–Crippen MR) is 65.9 cm³/mol. The Kier molecular flexibility index (Phi) is 3.11. The maximum absolute atomic E-state index is 4.96. The smallest absolute Gasteiger partial charge is 0.227 e. The van der Waals surface area contributed by atoms with Crippen molar-refractivity contribution in [2.45, 2.75) is 17.4 Å². The largest absolute Gasteiger partial charge is 0.340 e. The normalized spacial score (nSPS) is 18.2. The van der Waals surface area contributed by atoms with Gasteiger partial charge >= 0.3 is 0 Å². The van der Waals surface area contributed by atoms with E-state index in [1.165, 1.54) is 16.8 Å². The Hall–Kier alpha value is -1.33. The summed E-state index contributed by atoms with van der Waals surface area (Å²) in [4.78, 5) is 5.39. The monoisotopic (exact) mass is 247 g/mol. The van der Waals surface area contributed by atoms with E-state index in [0.717, 1.165) is 18.7 Å². The molecule has 0 saturated carbocycles. The third kappa shape index (κ3) is 2.35. The molecular weight excluding hydrogens is 234 g/mol. The van der Waals surface area contributed by atoms with Crippen LogP contribution in [0.4, 0.5) is 0 Å². The molecule has 0 amide bonds. The molecule has 2 heterocycles. The average molecular weight is 247 g/mol. The van der Waals surface area contributed by atoms with Gasteiger partial charge in [0.15, 0.2) is 6.33 Å². The van der Waals surface area contributed by atoms with Crippen LogP contribution in [0.1, 0.15) is 17.5 Å². The Labute approximate surface area is 104 Å². The number of benzene rings is 1. The van der Waals surface area contributed by atoms with Crippen LogP contribution >= 0.6 is 11.8 Å². The van der Waals surface area contributed by atoms with Gasteiger partial charge in [-0.1, -0.05) is 23.4 Å². The Balaban J connectivity index is 1.57. The lowest BCUT2D eigenvalue weighted by Crippen LogP contribution is -2.23. The lowest BCUT2D eigenvalue weighted by Gasteiger charge is -2.11. The molecule has 1 aromatic heterocycles. The van der Waals surface area contributed by atoms with Crippen LogP contribution in [-0.2, 0) is 6.42 Å². The standard InChI is InChI=1S/C12H13N3OS/c1-2-4-11-9(3-1)10(7-17-11)13-6-5-12-14-8-15-16-12/h1-4,8,10,13H,5-7H2. The third-order valence-corrected chi connectivity index (χ3v) is 4.02. The van der Waals surface area contributed by atoms with Gasteiger partial charge < -0.3 is 9.84 Å². The third-order valence-electron chi connectivity index (χ3n) is 2.84. The van der Waals surface area contributed by atoms with Crippen molar-refractivity contribution in [3.05, 3.63) is 42.0 Å². The van der Waals surface area contributed by atoms with Crippen molar-refractivity contribution in [1.29, 1.82) is 0 Å². The molecule has 1 aliphatic heterocycles. The second kappa shape index (κ2) is 4.89. The second-order valence-electron chi connectivity index (χ2n) is 3.94. The average Bonchev–Trinajstić information content (AvgIpc) is 2.99. The highest BCUT2D eigenvalue weighted by atomic mass is 32.2. The van der Waals surface area contributed by atoms with E-state index in [1.54, 1.807) is 0 Å². The summed E-state index contributed by atoms with van der Waals surface area (Å²) in [5, 5.41) is 7.12. The zero-order valence-electron chi connectivity index (χ0n) is 9.30. The number of hydrogen-bond acceptors (Lipinski definition) is 5. The molecule has 1 aliphatic rings. The maximum atomic E-state index is 4.96. The molecular formula is C12H13N3OS. The number of fused-ring (bicyclic) bond motifs is 1. The van der Waals surface area contributed by atoms with E-state index in [0.29, 0.717) is 11.9 Å². The molecule has 5 heteroatoms. The number of rotatable bonds is 4. The van der Waals surface area contributed by atoms with Gasteiger partial charge in [0, 0.05) is 29.7 Å². The molecule has 0 aliphatic carbocycles. The Bertz CT molecular complexity index is 486. The molecule has 3 rings (SSSR count). The summed E-state index contributed by atoms with van der Waals surface area (Å²) in [6.45, 7) is 0.863. The van der Waals surface area contributed by atoms with Crippen molar-refractivity contribution >= 4 is 11.8 Å². The fraction of sp³-hybridized carbons (Fsp3) is 0.333. The fourth-order valence-corrected chi connectivity index (χ4v) is 3.19. The summed E-state index contributed by atoms with van der Waals surface area (Å²) in [5.41, 5.74) is 1.41. The zero-order valence-corrected chi connectivity index (χ0v) is 10.1. The number of thioether (sulfide) groups is 1. The predicted octanol–water partition coefficient (Wildman–Crippen LogP) is 2.05. The zero-order chi connectivity index (χ0) is 11.5. The van der Waals surface area contributed by atoms with Crippen LogP contribution in [0, 0.1) is 0 Å². The van der Waals surface area contributed by atoms with Crippen molar-refractivity contribution in [2.24, 2.45) is 0 Å². The van der Waals surface area contributed by atoms with Crippen molar-refractivity contribution in [1.82, 2.24) is 15.5 Å². The van der Waals surface area contributed by atoms with Crippen LogP contribution in [-0.4, -0.2) is 22.4 Å². The van der Waals surface area contributed by atoms with Crippen LogP contribution in [0.3, 0.4) is 0 Å². The molecule has 0 fully saturated rings. The molecule has 0 saturated heterocycles. The van der Waals surface area contributed by atoms with Gasteiger partial charge in [-0.15, -0.1) is 11.8 Å². The quantitative estimate of drug-likeness (QED) is 0.896. The Morgan fingerprint density at radius 1 is 1.41 bits per heavy atom. The molecule has 2 aromatic rings. The summed E-state index contributed by atoms with van der Waals surface area (Å²) in [5.74, 6) is 1.79. The summed E-state index contributed by atoms with van der Waals surface area (Å²) in [6.07, 6.45) is 2.22. The minimum atomic E-state index is 0.444. The topological polar surface area (TPSA) is 51.0 Å². The van der Waals surface area contributed by atoms with E-state index in [9.17, 15) is 0 Å². The molecule has 0 spiro atoms. The van der Waals surface area contributed by atoms with Gasteiger partial charge in [0.1, 0.15) is 0 Å². The summed E-state index contributed by atoms with van der Waals surface area (Å²) < 4.78 is 4.96. The second-order valence-corrected chi connectivity index (χ2v) is 5.00. The highest BCUT2D eigenvalue weighted by Gasteiger charge is 2.21. The highest BCUT2D eigenvalue weighted by Crippen LogP contribution is 2.37. The Morgan fingerprint density at radius 2 is 2.35 bits per heavy atom. The van der Waals surface area contributed by atoms with E-state index < -0.39 is 0 Å².